The van der Waals surface area contributed by atoms with Crippen molar-refractivity contribution in [2.75, 3.05) is 39.0 Å². The standard InChI is InChI=1S/C30H36FN9O4S/c1-30(2)13-24-18(27(30)39-44)11-23(45-24)29(42)38-26-19(14-36-43)17(6-7-20(26)31)21(32)12-22(28(41)35-4)37-25(33)10-16(34-3)15-40-8-5-9-40/h6-7,10-12,27,33-34H,5,8-9,13-15,32H2,1-4H3,(H,35,41)(H,38,42)/b16-10-,21-12?,33-25?,37-22?. The summed E-state index contributed by atoms with van der Waals surface area (Å²) in [5.41, 5.74) is 6.95. The summed E-state index contributed by atoms with van der Waals surface area (Å²) in [4.78, 5) is 56.3. The molecule has 13 nitrogen and oxygen atoms in total. The van der Waals surface area contributed by atoms with Gasteiger partial charge in [0.15, 0.2) is 0 Å². The minimum Gasteiger partial charge on any atom is -0.398 e. The lowest BCUT2D eigenvalue weighted by atomic mass is 9.86. The van der Waals surface area contributed by atoms with Crippen LogP contribution in [0.25, 0.3) is 5.70 Å². The Hall–Kier alpha value is -4.63. The molecular weight excluding hydrogens is 601 g/mol. The summed E-state index contributed by atoms with van der Waals surface area (Å²) in [5.74, 6) is -2.31. The lowest BCUT2D eigenvalue weighted by Crippen LogP contribution is -2.40. The SMILES string of the molecule is CNC(=O)C(C=C(N)c1ccc(F)c(NC(=O)c2cc3c(s2)CC(C)(C)C3N=O)c1CN=O)=NC(=N)/C=C(/CN1CCC1)NC. The highest BCUT2D eigenvalue weighted by atomic mass is 32.1. The first-order chi connectivity index (χ1) is 21.4. The third-order valence-electron chi connectivity index (χ3n) is 7.82. The maximum atomic E-state index is 15.2. The number of halogens is 1. The van der Waals surface area contributed by atoms with Gasteiger partial charge in [-0.05, 0) is 61.2 Å². The summed E-state index contributed by atoms with van der Waals surface area (Å²) >= 11 is 1.19. The van der Waals surface area contributed by atoms with Gasteiger partial charge in [-0.15, -0.1) is 11.3 Å². The van der Waals surface area contributed by atoms with Crippen molar-refractivity contribution in [2.45, 2.75) is 39.3 Å². The van der Waals surface area contributed by atoms with Crippen LogP contribution in [0.3, 0.4) is 0 Å². The van der Waals surface area contributed by atoms with E-state index in [1.165, 1.54) is 36.6 Å². The molecule has 0 radical (unpaired) electrons. The Bertz CT molecular complexity index is 1620. The van der Waals surface area contributed by atoms with E-state index < -0.39 is 30.2 Å². The fourth-order valence-corrected chi connectivity index (χ4v) is 6.62. The minimum atomic E-state index is -0.829. The number of amides is 2. The molecule has 45 heavy (non-hydrogen) atoms. The van der Waals surface area contributed by atoms with Gasteiger partial charge in [-0.25, -0.2) is 9.38 Å². The van der Waals surface area contributed by atoms with Crippen LogP contribution in [0.5, 0.6) is 0 Å². The van der Waals surface area contributed by atoms with Crippen molar-refractivity contribution < 1.29 is 14.0 Å². The fourth-order valence-electron chi connectivity index (χ4n) is 5.29. The molecule has 15 heteroatoms. The maximum Gasteiger partial charge on any atom is 0.269 e. The number of rotatable bonds is 12. The maximum absolute atomic E-state index is 15.2. The summed E-state index contributed by atoms with van der Waals surface area (Å²) in [5, 5.41) is 22.5. The second kappa shape index (κ2) is 14.0. The first-order valence-electron chi connectivity index (χ1n) is 14.3. The number of nitrogens with one attached hydrogen (secondary N) is 4. The molecule has 238 valence electrons. The Kier molecular flexibility index (Phi) is 10.3. The van der Waals surface area contributed by atoms with Gasteiger partial charge in [0.25, 0.3) is 11.8 Å². The normalized spacial score (nSPS) is 18.1. The van der Waals surface area contributed by atoms with Crippen molar-refractivity contribution in [3.63, 3.8) is 0 Å². The van der Waals surface area contributed by atoms with Gasteiger partial charge in [0.2, 0.25) is 0 Å². The lowest BCUT2D eigenvalue weighted by Gasteiger charge is -2.31. The molecule has 0 bridgehead atoms. The quantitative estimate of drug-likeness (QED) is 0.131. The zero-order chi connectivity index (χ0) is 32.9. The number of amidine groups is 1. The van der Waals surface area contributed by atoms with Crippen LogP contribution in [0.4, 0.5) is 10.1 Å². The van der Waals surface area contributed by atoms with E-state index in [0.717, 1.165) is 36.2 Å². The Morgan fingerprint density at radius 1 is 1.20 bits per heavy atom. The van der Waals surface area contributed by atoms with Crippen molar-refractivity contribution >= 4 is 46.1 Å². The summed E-state index contributed by atoms with van der Waals surface area (Å²) in [6.45, 7) is 5.84. The molecule has 1 fully saturated rings. The van der Waals surface area contributed by atoms with Crippen LogP contribution in [0, 0.1) is 26.5 Å². The molecule has 0 spiro atoms. The highest BCUT2D eigenvalue weighted by molar-refractivity contribution is 7.14. The smallest absolute Gasteiger partial charge is 0.269 e. The predicted octanol–water partition coefficient (Wildman–Crippen LogP) is 4.07. The van der Waals surface area contributed by atoms with Gasteiger partial charge in [-0.3, -0.25) is 19.9 Å². The number of nitroso groups, excluding NO2 is 2. The fraction of sp³-hybridized carbons (Fsp3) is 0.400. The number of hydrogen-bond acceptors (Lipinski definition) is 11. The number of benzene rings is 1. The first-order valence-corrected chi connectivity index (χ1v) is 15.1. The number of nitrogens with zero attached hydrogens (tertiary/aromatic N) is 4. The van der Waals surface area contributed by atoms with Gasteiger partial charge >= 0.3 is 0 Å². The summed E-state index contributed by atoms with van der Waals surface area (Å²) in [6.07, 6.45) is 4.40. The van der Waals surface area contributed by atoms with E-state index in [9.17, 15) is 19.4 Å². The monoisotopic (exact) mass is 637 g/mol. The van der Waals surface area contributed by atoms with Crippen LogP contribution in [0.1, 0.15) is 57.5 Å². The van der Waals surface area contributed by atoms with Gasteiger partial charge < -0.3 is 21.7 Å². The van der Waals surface area contributed by atoms with Crippen LogP contribution in [0.2, 0.25) is 0 Å². The average Bonchev–Trinajstić information content (AvgIpc) is 3.48. The van der Waals surface area contributed by atoms with Crippen LogP contribution in [0.15, 0.2) is 51.4 Å². The van der Waals surface area contributed by atoms with Crippen LogP contribution >= 0.6 is 11.3 Å². The van der Waals surface area contributed by atoms with Gasteiger partial charge in [-0.1, -0.05) is 24.2 Å². The number of hydrogen-bond donors (Lipinski definition) is 5. The molecule has 1 saturated heterocycles. The molecule has 2 aliphatic rings. The molecule has 4 rings (SSSR count). The highest BCUT2D eigenvalue weighted by Crippen LogP contribution is 2.50. The van der Waals surface area contributed by atoms with E-state index >= 15 is 4.39 Å². The number of likely N-dealkylation sites (N-methyl/N-ethyl adjacent to an activating group) is 1. The number of carbonyl (C=O) groups is 2. The Balaban J connectivity index is 1.65. The largest absolute Gasteiger partial charge is 0.398 e. The van der Waals surface area contributed by atoms with Crippen molar-refractivity contribution in [1.29, 1.82) is 5.41 Å². The van der Waals surface area contributed by atoms with Crippen molar-refractivity contribution in [3.8, 4) is 0 Å². The van der Waals surface area contributed by atoms with E-state index in [1.54, 1.807) is 13.1 Å². The Morgan fingerprint density at radius 3 is 2.53 bits per heavy atom. The number of aliphatic imine (C=N–C) groups is 1. The molecule has 1 aliphatic heterocycles. The van der Waals surface area contributed by atoms with Crippen LogP contribution in [-0.2, 0) is 17.8 Å². The molecule has 2 amide bonds. The first kappa shape index (κ1) is 33.3. The Morgan fingerprint density at radius 2 is 1.93 bits per heavy atom. The van der Waals surface area contributed by atoms with Crippen molar-refractivity contribution in [2.24, 2.45) is 26.5 Å². The topological polar surface area (TPSA) is 195 Å². The predicted molar refractivity (Wildman–Crippen MR) is 174 cm³/mol. The highest BCUT2D eigenvalue weighted by Gasteiger charge is 2.42. The van der Waals surface area contributed by atoms with Gasteiger partial charge in [0, 0.05) is 54.1 Å². The number of nitrogens with two attached hydrogens (primary N) is 1. The molecule has 1 unspecified atom stereocenters. The van der Waals surface area contributed by atoms with E-state index in [0.29, 0.717) is 18.5 Å². The third kappa shape index (κ3) is 7.37. The number of likely N-dealkylation sites (tertiary alicyclic amines) is 1. The number of fused-ring (bicyclic) bond motifs is 1. The molecule has 1 aromatic carbocycles. The molecule has 1 aliphatic carbocycles. The molecule has 2 heterocycles. The van der Waals surface area contributed by atoms with E-state index in [1.807, 2.05) is 13.8 Å². The molecule has 1 aromatic heterocycles. The van der Waals surface area contributed by atoms with E-state index in [2.05, 4.69) is 36.2 Å². The third-order valence-corrected chi connectivity index (χ3v) is 8.97. The second-order valence-corrected chi connectivity index (χ2v) is 12.6. The molecule has 0 saturated carbocycles. The van der Waals surface area contributed by atoms with E-state index in [-0.39, 0.29) is 44.4 Å². The number of carbonyl (C=O) groups excluding carboxylic acids is 2. The minimum absolute atomic E-state index is 0.0111. The number of anilines is 1. The average molecular weight is 638 g/mol. The van der Waals surface area contributed by atoms with Crippen molar-refractivity contribution in [1.82, 2.24) is 15.5 Å². The van der Waals surface area contributed by atoms with Gasteiger partial charge in [0.05, 0.1) is 10.6 Å². The van der Waals surface area contributed by atoms with Crippen LogP contribution in [-0.4, -0.2) is 62.0 Å². The molecule has 1 atom stereocenters. The van der Waals surface area contributed by atoms with E-state index in [4.69, 9.17) is 11.1 Å². The lowest BCUT2D eigenvalue weighted by molar-refractivity contribution is -0.114. The molecular formula is C30H36FN9O4S. The van der Waals surface area contributed by atoms with Gasteiger partial charge in [-0.2, -0.15) is 9.81 Å². The Labute approximate surface area is 263 Å². The second-order valence-electron chi connectivity index (χ2n) is 11.5. The summed E-state index contributed by atoms with van der Waals surface area (Å²) in [6, 6.07) is 3.35. The van der Waals surface area contributed by atoms with Crippen LogP contribution < -0.4 is 21.7 Å². The zero-order valence-corrected chi connectivity index (χ0v) is 26.3. The molecule has 2 aromatic rings. The van der Waals surface area contributed by atoms with Gasteiger partial charge in [0.1, 0.15) is 30.0 Å². The summed E-state index contributed by atoms with van der Waals surface area (Å²) in [7, 11) is 3.13. The summed E-state index contributed by atoms with van der Waals surface area (Å²) < 4.78 is 15.2. The number of thiophene rings is 1. The van der Waals surface area contributed by atoms with Crippen molar-refractivity contribution in [3.05, 3.63) is 78.1 Å². The zero-order valence-electron chi connectivity index (χ0n) is 25.5. The molecule has 6 N–H and O–H groups in total.